The Morgan fingerprint density at radius 1 is 1.17 bits per heavy atom. The van der Waals surface area contributed by atoms with E-state index in [2.05, 4.69) is 47.6 Å². The van der Waals surface area contributed by atoms with E-state index in [4.69, 9.17) is 5.52 Å². The Labute approximate surface area is 226 Å². The van der Waals surface area contributed by atoms with Crippen LogP contribution in [0.25, 0.3) is 0 Å². The number of fused-ring (bicyclic) bond motifs is 6. The van der Waals surface area contributed by atoms with Crippen LogP contribution in [0.5, 0.6) is 0 Å². The highest BCUT2D eigenvalue weighted by molar-refractivity contribution is 8.15. The summed E-state index contributed by atoms with van der Waals surface area (Å²) in [5, 5.41) is 34.5. The summed E-state index contributed by atoms with van der Waals surface area (Å²) < 4.78 is 13.4. The van der Waals surface area contributed by atoms with E-state index in [9.17, 15) is 15.3 Å². The van der Waals surface area contributed by atoms with Gasteiger partial charge >= 0.3 is 0 Å². The topological polar surface area (TPSA) is 69.9 Å². The van der Waals surface area contributed by atoms with Crippen molar-refractivity contribution in [2.45, 2.75) is 118 Å². The molecule has 0 aromatic carbocycles. The fourth-order valence-electron chi connectivity index (χ4n) is 11.5. The molecule has 0 amide bonds. The zero-order valence-electron chi connectivity index (χ0n) is 24.4. The lowest BCUT2D eigenvalue weighted by molar-refractivity contribution is -0.239. The second-order valence-corrected chi connectivity index (χ2v) is 15.0. The van der Waals surface area contributed by atoms with Crippen molar-refractivity contribution in [1.82, 2.24) is 0 Å². The smallest absolute Gasteiger partial charge is 0.209 e. The Balaban J connectivity index is 1.46. The molecule has 4 nitrogen and oxygen atoms in total. The van der Waals surface area contributed by atoms with E-state index in [0.29, 0.717) is 11.8 Å². The van der Waals surface area contributed by atoms with Crippen LogP contribution in [0.2, 0.25) is 0 Å². The predicted molar refractivity (Wildman–Crippen MR) is 149 cm³/mol. The van der Waals surface area contributed by atoms with E-state index in [1.165, 1.54) is 12.7 Å². The molecule has 10 unspecified atom stereocenters. The van der Waals surface area contributed by atoms with Gasteiger partial charge in [0.2, 0.25) is 7.09 Å². The van der Waals surface area contributed by atoms with Gasteiger partial charge in [-0.3, -0.25) is 0 Å². The van der Waals surface area contributed by atoms with Crippen molar-refractivity contribution >= 4 is 19.0 Å². The minimum Gasteiger partial charge on any atom is -0.396 e. The molecule has 5 saturated carbocycles. The summed E-state index contributed by atoms with van der Waals surface area (Å²) in [7, 11) is 1.27. The molecule has 6 heteroatoms. The fourth-order valence-corrected chi connectivity index (χ4v) is 11.9. The van der Waals surface area contributed by atoms with Crippen LogP contribution in [-0.4, -0.2) is 48.7 Å². The van der Waals surface area contributed by atoms with Crippen molar-refractivity contribution in [3.05, 3.63) is 11.6 Å². The average molecular weight is 520 g/mol. The van der Waals surface area contributed by atoms with Crippen LogP contribution in [0.3, 0.4) is 0 Å². The van der Waals surface area contributed by atoms with Crippen LogP contribution in [0.1, 0.15) is 99.3 Å². The minimum atomic E-state index is -0.407. The molecule has 5 rings (SSSR count). The van der Waals surface area contributed by atoms with E-state index in [0.717, 1.165) is 69.7 Å². The van der Waals surface area contributed by atoms with Gasteiger partial charge < -0.3 is 19.5 Å². The van der Waals surface area contributed by atoms with Crippen molar-refractivity contribution in [2.75, 3.05) is 6.61 Å². The lowest BCUT2D eigenvalue weighted by Gasteiger charge is -2.69. The first kappa shape index (κ1) is 26.2. The zero-order chi connectivity index (χ0) is 27.0. The van der Waals surface area contributed by atoms with Crippen LogP contribution in [-0.2, 0) is 4.18 Å². The summed E-state index contributed by atoms with van der Waals surface area (Å²) in [6, 6.07) is 0. The van der Waals surface area contributed by atoms with Gasteiger partial charge in [-0.15, -0.1) is 0 Å². The Hall–Kier alpha value is -0.00506. The summed E-state index contributed by atoms with van der Waals surface area (Å²) >= 11 is 1.15. The molecule has 36 heavy (non-hydrogen) atoms. The summed E-state index contributed by atoms with van der Waals surface area (Å²) in [4.78, 5) is 0. The Morgan fingerprint density at radius 2 is 1.92 bits per heavy atom. The quantitative estimate of drug-likeness (QED) is 0.233. The molecule has 0 aromatic rings. The van der Waals surface area contributed by atoms with Gasteiger partial charge in [-0.25, -0.2) is 0 Å². The molecule has 5 aliphatic rings. The minimum absolute atomic E-state index is 0.0385. The fraction of sp³-hybridized carbons (Fsp3) is 0.933. The molecular weight excluding hydrogens is 467 g/mol. The van der Waals surface area contributed by atoms with E-state index in [1.54, 1.807) is 0 Å². The van der Waals surface area contributed by atoms with Gasteiger partial charge in [-0.05, 0) is 113 Å². The molecule has 0 aromatic heterocycles. The predicted octanol–water partition coefficient (Wildman–Crippen LogP) is 5.57. The highest BCUT2D eigenvalue weighted by Gasteiger charge is 2.83. The largest absolute Gasteiger partial charge is 0.396 e. The van der Waals surface area contributed by atoms with Crippen molar-refractivity contribution in [1.29, 1.82) is 1.34 Å². The molecule has 3 N–H and O–H groups in total. The molecule has 203 valence electrons. The van der Waals surface area contributed by atoms with Gasteiger partial charge in [0.1, 0.15) is 0 Å². The number of allylic oxidation sites excluding steroid dienone is 2. The highest BCUT2D eigenvalue weighted by Crippen LogP contribution is 2.85. The number of hydrogen-bond acceptors (Lipinski definition) is 5. The molecule has 5 aliphatic carbocycles. The van der Waals surface area contributed by atoms with Gasteiger partial charge in [-0.2, -0.15) is 0 Å². The monoisotopic (exact) mass is 519 g/mol. The van der Waals surface area contributed by atoms with Crippen LogP contribution in [0.15, 0.2) is 11.6 Å². The third-order valence-electron chi connectivity index (χ3n) is 13.3. The van der Waals surface area contributed by atoms with Gasteiger partial charge in [0.05, 0.1) is 18.3 Å². The average Bonchev–Trinajstić information content (AvgIpc) is 3.44. The van der Waals surface area contributed by atoms with E-state index in [1.807, 2.05) is 0 Å². The van der Waals surface area contributed by atoms with Crippen LogP contribution >= 0.6 is 11.9 Å². The summed E-state index contributed by atoms with van der Waals surface area (Å²) in [5.74, 6) is 1.34. The third-order valence-corrected chi connectivity index (χ3v) is 13.7. The van der Waals surface area contributed by atoms with Crippen molar-refractivity contribution in [3.8, 4) is 0 Å². The Bertz CT molecular complexity index is 916. The molecule has 1 spiro atoms. The third kappa shape index (κ3) is 3.42. The van der Waals surface area contributed by atoms with Gasteiger partial charge in [-0.1, -0.05) is 51.2 Å². The number of aliphatic hydroxyl groups is 3. The van der Waals surface area contributed by atoms with E-state index < -0.39 is 6.10 Å². The van der Waals surface area contributed by atoms with Crippen molar-refractivity contribution < 1.29 is 19.5 Å². The molecule has 0 heterocycles. The van der Waals surface area contributed by atoms with Crippen molar-refractivity contribution in [2.24, 2.45) is 50.7 Å². The molecule has 0 saturated heterocycles. The van der Waals surface area contributed by atoms with E-state index >= 15 is 0 Å². The normalized spacial score (nSPS) is 55.8. The van der Waals surface area contributed by atoms with Crippen LogP contribution in [0, 0.1) is 50.7 Å². The van der Waals surface area contributed by atoms with E-state index in [-0.39, 0.29) is 57.7 Å². The first-order chi connectivity index (χ1) is 17.4. The Morgan fingerprint density at radius 3 is 2.58 bits per heavy atom. The lowest BCUT2D eigenvalue weighted by atomic mass is 9.36. The van der Waals surface area contributed by atoms with Crippen molar-refractivity contribution in [3.63, 3.8) is 0 Å². The molecule has 0 bridgehead atoms. The van der Waals surface area contributed by atoms with Crippen LogP contribution < -0.4 is 0 Å². The maximum Gasteiger partial charge on any atom is 0.209 e. The summed E-state index contributed by atoms with van der Waals surface area (Å²) in [6.07, 6.45) is 10.1. The van der Waals surface area contributed by atoms with Gasteiger partial charge in [0, 0.05) is 17.4 Å². The zero-order valence-corrected chi connectivity index (χ0v) is 24.2. The second kappa shape index (κ2) is 9.01. The molecule has 0 aliphatic heterocycles. The number of aliphatic hydroxyl groups excluding tert-OH is 3. The maximum atomic E-state index is 12.0. The number of hydrogen-bond donors (Lipinski definition) is 3. The van der Waals surface area contributed by atoms with Gasteiger partial charge in [0.25, 0.3) is 0 Å². The van der Waals surface area contributed by atoms with Crippen LogP contribution in [0.4, 0.5) is 0 Å². The summed E-state index contributed by atoms with van der Waals surface area (Å²) in [5.41, 5.74) is 0.759. The highest BCUT2D eigenvalue weighted by atomic mass is 32.2. The molecule has 5 fully saturated rings. The summed E-state index contributed by atoms with van der Waals surface area (Å²) in [6.45, 7) is 14.0. The first-order valence-corrected chi connectivity index (χ1v) is 15.3. The lowest BCUT2D eigenvalue weighted by Crippen LogP contribution is -2.66. The van der Waals surface area contributed by atoms with Gasteiger partial charge in [0.15, 0.2) is 0 Å². The number of rotatable bonds is 7. The Kier molecular flexibility index (Phi) is 6.57. The molecule has 12 atom stereocenters. The standard InChI is InChI=1S/C30H50BO4S/c1-18(2)8-7-11-29(17-32)16-30(29)23-14-21(33)25-26(4)12-10-22(35-36-31)19(3)20(26)9-13-27(25,5)28(23,6)15-24(30)34/h8,19-25,31-34H,7,9-17H2,1-6H3/t19?,20?,21?,22?,23?,24?,25?,26-,27?,28-,29?,30?/m0/s1/i31T. The second-order valence-electron chi connectivity index (χ2n) is 14.6. The maximum absolute atomic E-state index is 12.0. The molecule has 1 radical (unpaired) electrons. The molecular formula is C30H50BO4S. The SMILES string of the molecule is [3H][B]SOC1CC[C@@]2(C)C(CCC3(C)C2C(O)CC2C4(CC4(CO)CCC=C(C)C)C(O)C[C@@]23C)C1C. The first-order valence-electron chi connectivity index (χ1n) is 15.1.